The van der Waals surface area contributed by atoms with E-state index >= 15 is 0 Å². The van der Waals surface area contributed by atoms with Gasteiger partial charge < -0.3 is 0 Å². The Labute approximate surface area is 117 Å². The van der Waals surface area contributed by atoms with Gasteiger partial charge in [-0.2, -0.15) is 0 Å². The van der Waals surface area contributed by atoms with Crippen LogP contribution in [0, 0.1) is 0 Å². The number of halogens is 3. The molecule has 0 saturated carbocycles. The third-order valence-electron chi connectivity index (χ3n) is 3.74. The molecule has 0 heterocycles. The molecule has 0 N–H and O–H groups in total. The standard InChI is InChI=1S/C15H30BF3/c17-13-7-1-4-10-16(11-5-2-8-14-18)12-6-3-9-15-19/h1-15H2. The molecule has 4 heteroatoms. The summed E-state index contributed by atoms with van der Waals surface area (Å²) in [7, 11) is 0. The molecule has 0 aromatic rings. The first-order valence-electron chi connectivity index (χ1n) is 8.03. The molecule has 0 aromatic heterocycles. The Morgan fingerprint density at radius 3 is 1.00 bits per heavy atom. The van der Waals surface area contributed by atoms with Gasteiger partial charge in [0.2, 0.25) is 0 Å². The van der Waals surface area contributed by atoms with Crippen LogP contribution in [0.15, 0.2) is 0 Å². The lowest BCUT2D eigenvalue weighted by Crippen LogP contribution is -2.12. The van der Waals surface area contributed by atoms with Crippen molar-refractivity contribution in [2.24, 2.45) is 0 Å². The molecule has 0 aliphatic rings. The van der Waals surface area contributed by atoms with Crippen molar-refractivity contribution in [1.29, 1.82) is 0 Å². The Balaban J connectivity index is 3.66. The average Bonchev–Trinajstić information content (AvgIpc) is 2.43. The number of hydrogen-bond donors (Lipinski definition) is 0. The summed E-state index contributed by atoms with van der Waals surface area (Å²) in [5, 5.41) is 0. The summed E-state index contributed by atoms with van der Waals surface area (Å²) in [5.41, 5.74) is 0. The van der Waals surface area contributed by atoms with Gasteiger partial charge in [0.05, 0.1) is 20.0 Å². The molecule has 0 rings (SSSR count). The second-order valence-electron chi connectivity index (χ2n) is 5.48. The molecule has 0 unspecified atom stereocenters. The highest BCUT2D eigenvalue weighted by Crippen LogP contribution is 2.18. The van der Waals surface area contributed by atoms with Crippen LogP contribution in [0.2, 0.25) is 19.0 Å². The first-order valence-corrected chi connectivity index (χ1v) is 8.03. The molecule has 0 spiro atoms. The zero-order chi connectivity index (χ0) is 14.2. The quantitative estimate of drug-likeness (QED) is 0.258. The maximum absolute atomic E-state index is 12.0. The van der Waals surface area contributed by atoms with E-state index in [-0.39, 0.29) is 20.0 Å². The number of unbranched alkanes of at least 4 members (excludes halogenated alkanes) is 6. The Bertz CT molecular complexity index is 139. The third kappa shape index (κ3) is 14.1. The van der Waals surface area contributed by atoms with E-state index in [1.54, 1.807) is 0 Å². The largest absolute Gasteiger partial charge is 0.251 e. The van der Waals surface area contributed by atoms with Gasteiger partial charge >= 0.3 is 0 Å². The number of alkyl halides is 3. The Hall–Kier alpha value is -0.145. The van der Waals surface area contributed by atoms with Gasteiger partial charge in [0.15, 0.2) is 0 Å². The SMILES string of the molecule is FCCCCCB(CCCCCF)CCCCCF. The minimum absolute atomic E-state index is 0.211. The van der Waals surface area contributed by atoms with Gasteiger partial charge in [-0.1, -0.05) is 57.5 Å². The first kappa shape index (κ1) is 18.9. The Morgan fingerprint density at radius 2 is 0.737 bits per heavy atom. The molecule has 0 fully saturated rings. The van der Waals surface area contributed by atoms with Crippen LogP contribution in [0.1, 0.15) is 57.8 Å². The highest BCUT2D eigenvalue weighted by atomic mass is 19.1. The molecule has 0 bridgehead atoms. The molecule has 0 amide bonds. The second kappa shape index (κ2) is 15.9. The zero-order valence-electron chi connectivity index (χ0n) is 12.3. The Morgan fingerprint density at radius 1 is 0.421 bits per heavy atom. The third-order valence-corrected chi connectivity index (χ3v) is 3.74. The lowest BCUT2D eigenvalue weighted by atomic mass is 9.41. The minimum atomic E-state index is -0.211. The fraction of sp³-hybridized carbons (Fsp3) is 1.00. The predicted molar refractivity (Wildman–Crippen MR) is 79.7 cm³/mol. The van der Waals surface area contributed by atoms with Crippen molar-refractivity contribution >= 4 is 6.71 Å². The van der Waals surface area contributed by atoms with Crippen LogP contribution in [0.3, 0.4) is 0 Å². The summed E-state index contributed by atoms with van der Waals surface area (Å²) in [4.78, 5) is 0. The van der Waals surface area contributed by atoms with E-state index in [1.807, 2.05) is 0 Å². The van der Waals surface area contributed by atoms with Crippen molar-refractivity contribution in [2.45, 2.75) is 76.7 Å². The van der Waals surface area contributed by atoms with Gasteiger partial charge in [-0.3, -0.25) is 13.2 Å². The highest BCUT2D eigenvalue weighted by molar-refractivity contribution is 6.58. The van der Waals surface area contributed by atoms with Gasteiger partial charge in [0.25, 0.3) is 0 Å². The van der Waals surface area contributed by atoms with E-state index < -0.39 is 0 Å². The smallest absolute Gasteiger partial charge is 0.139 e. The zero-order valence-corrected chi connectivity index (χ0v) is 12.3. The average molecular weight is 278 g/mol. The van der Waals surface area contributed by atoms with E-state index in [1.165, 1.54) is 0 Å². The lowest BCUT2D eigenvalue weighted by Gasteiger charge is -2.13. The molecule has 0 aliphatic heterocycles. The summed E-state index contributed by atoms with van der Waals surface area (Å²) in [5.74, 6) is 0. The lowest BCUT2D eigenvalue weighted by molar-refractivity contribution is 0.457. The van der Waals surface area contributed by atoms with Gasteiger partial charge in [-0.15, -0.1) is 0 Å². The van der Waals surface area contributed by atoms with Gasteiger partial charge in [-0.05, 0) is 19.3 Å². The van der Waals surface area contributed by atoms with E-state index in [9.17, 15) is 13.2 Å². The summed E-state index contributed by atoms with van der Waals surface area (Å²) in [6.07, 6.45) is 11.7. The van der Waals surface area contributed by atoms with Gasteiger partial charge in [0, 0.05) is 0 Å². The molecule has 0 saturated heterocycles. The van der Waals surface area contributed by atoms with E-state index in [4.69, 9.17) is 0 Å². The van der Waals surface area contributed by atoms with Crippen LogP contribution in [-0.2, 0) is 0 Å². The van der Waals surface area contributed by atoms with Crippen LogP contribution in [0.4, 0.5) is 13.2 Å². The van der Waals surface area contributed by atoms with Crippen molar-refractivity contribution in [1.82, 2.24) is 0 Å². The van der Waals surface area contributed by atoms with Crippen LogP contribution in [0.5, 0.6) is 0 Å². The van der Waals surface area contributed by atoms with E-state index in [2.05, 4.69) is 0 Å². The van der Waals surface area contributed by atoms with Crippen LogP contribution >= 0.6 is 0 Å². The molecule has 0 aromatic carbocycles. The fourth-order valence-corrected chi connectivity index (χ4v) is 2.55. The van der Waals surface area contributed by atoms with Gasteiger partial charge in [0.1, 0.15) is 6.71 Å². The molecule has 0 radical (unpaired) electrons. The molecular weight excluding hydrogens is 248 g/mol. The van der Waals surface area contributed by atoms with Crippen molar-refractivity contribution in [3.63, 3.8) is 0 Å². The topological polar surface area (TPSA) is 0 Å². The number of rotatable bonds is 15. The molecule has 114 valence electrons. The highest BCUT2D eigenvalue weighted by Gasteiger charge is 2.12. The maximum atomic E-state index is 12.0. The molecular formula is C15H30BF3. The van der Waals surface area contributed by atoms with Crippen LogP contribution in [-0.4, -0.2) is 26.7 Å². The fourth-order valence-electron chi connectivity index (χ4n) is 2.55. The molecule has 0 atom stereocenters. The second-order valence-corrected chi connectivity index (χ2v) is 5.48. The molecule has 0 aliphatic carbocycles. The minimum Gasteiger partial charge on any atom is -0.251 e. The van der Waals surface area contributed by atoms with Crippen molar-refractivity contribution in [2.75, 3.05) is 20.0 Å². The predicted octanol–water partition coefficient (Wildman–Crippen LogP) is 5.90. The number of hydrogen-bond acceptors (Lipinski definition) is 0. The molecule has 19 heavy (non-hydrogen) atoms. The van der Waals surface area contributed by atoms with E-state index in [0.717, 1.165) is 57.5 Å². The summed E-state index contributed by atoms with van der Waals surface area (Å²) >= 11 is 0. The molecule has 0 nitrogen and oxygen atoms in total. The van der Waals surface area contributed by atoms with Crippen LogP contribution in [0.25, 0.3) is 0 Å². The maximum Gasteiger partial charge on any atom is 0.139 e. The van der Waals surface area contributed by atoms with Crippen LogP contribution < -0.4 is 0 Å². The summed E-state index contributed by atoms with van der Waals surface area (Å²) < 4.78 is 36.1. The van der Waals surface area contributed by atoms with Crippen molar-refractivity contribution < 1.29 is 13.2 Å². The first-order chi connectivity index (χ1) is 9.35. The normalized spacial score (nSPS) is 10.9. The van der Waals surface area contributed by atoms with E-state index in [0.29, 0.717) is 26.0 Å². The summed E-state index contributed by atoms with van der Waals surface area (Å²) in [6, 6.07) is 0. The Kier molecular flexibility index (Phi) is 15.8. The monoisotopic (exact) mass is 278 g/mol. The van der Waals surface area contributed by atoms with Crippen molar-refractivity contribution in [3.8, 4) is 0 Å². The van der Waals surface area contributed by atoms with Crippen molar-refractivity contribution in [3.05, 3.63) is 0 Å². The summed E-state index contributed by atoms with van der Waals surface area (Å²) in [6.45, 7) is 0.0475. The van der Waals surface area contributed by atoms with Gasteiger partial charge in [-0.25, -0.2) is 0 Å².